The molecule has 0 heterocycles. The molecule has 0 unspecified atom stereocenters. The number of carbonyl (C=O) groups is 1. The molecule has 0 aliphatic heterocycles. The zero-order valence-corrected chi connectivity index (χ0v) is 18.9. The van der Waals surface area contributed by atoms with Gasteiger partial charge in [0.25, 0.3) is 10.1 Å². The van der Waals surface area contributed by atoms with E-state index >= 15 is 0 Å². The van der Waals surface area contributed by atoms with Crippen molar-refractivity contribution >= 4 is 16.1 Å². The fourth-order valence-corrected chi connectivity index (χ4v) is 3.14. The maximum atomic E-state index is 10.5. The topological polar surface area (TPSA) is 115 Å². The summed E-state index contributed by atoms with van der Waals surface area (Å²) in [6.07, 6.45) is 13.9. The molecule has 0 rings (SSSR count). The summed E-state index contributed by atoms with van der Waals surface area (Å²) in [6.45, 7) is 0. The van der Waals surface area contributed by atoms with Crippen molar-refractivity contribution in [3.8, 4) is 0 Å². The molecule has 0 aromatic heterocycles. The number of hydrogen-bond donors (Lipinski definition) is 2. The van der Waals surface area contributed by atoms with Gasteiger partial charge in [0.15, 0.2) is 0 Å². The Hall–Kier alpha value is 0.0800. The summed E-state index contributed by atoms with van der Waals surface area (Å²) >= 11 is 0. The summed E-state index contributed by atoms with van der Waals surface area (Å²) in [5, 5.41) is 20.1. The van der Waals surface area contributed by atoms with Crippen LogP contribution in [0.1, 0.15) is 83.5 Å². The largest absolute Gasteiger partial charge is 1.00 e. The first-order chi connectivity index (χ1) is 11.8. The van der Waals surface area contributed by atoms with Crippen molar-refractivity contribution < 1.29 is 57.5 Å². The minimum absolute atomic E-state index is 0. The summed E-state index contributed by atoms with van der Waals surface area (Å²) in [7, 11) is -3.84. The molecular formula is C18H33NaO6S. The molecule has 0 aliphatic carbocycles. The third-order valence-corrected chi connectivity index (χ3v) is 4.82. The average Bonchev–Trinajstić information content (AvgIpc) is 2.51. The van der Waals surface area contributed by atoms with Crippen LogP contribution in [0.15, 0.2) is 12.2 Å². The molecular weight excluding hydrogens is 367 g/mol. The molecule has 8 heteroatoms. The molecule has 148 valence electrons. The number of allylic oxidation sites excluding steroid dienone is 1. The molecule has 0 aromatic rings. The second-order valence-electron chi connectivity index (χ2n) is 6.53. The summed E-state index contributed by atoms with van der Waals surface area (Å²) < 4.78 is 29.7. The molecule has 0 bridgehead atoms. The number of carbonyl (C=O) groups excluding carboxylic acids is 1. The number of aliphatic hydroxyl groups is 1. The molecule has 6 nitrogen and oxygen atoms in total. The molecule has 0 aromatic carbocycles. The van der Waals surface area contributed by atoms with Crippen LogP contribution in [0.25, 0.3) is 0 Å². The molecule has 0 fully saturated rings. The number of aliphatic carboxylic acids is 1. The number of hydrogen-bond acceptors (Lipinski definition) is 5. The second kappa shape index (κ2) is 18.4. The fourth-order valence-electron chi connectivity index (χ4n) is 2.57. The zero-order chi connectivity index (χ0) is 19.0. The smallest absolute Gasteiger partial charge is 0.550 e. The maximum Gasteiger partial charge on any atom is 1.00 e. The van der Waals surface area contributed by atoms with Crippen LogP contribution in [0, 0.1) is 0 Å². The van der Waals surface area contributed by atoms with Crippen molar-refractivity contribution in [3.05, 3.63) is 12.2 Å². The van der Waals surface area contributed by atoms with E-state index in [2.05, 4.69) is 6.08 Å². The van der Waals surface area contributed by atoms with E-state index in [0.717, 1.165) is 51.4 Å². The molecule has 2 N–H and O–H groups in total. The number of unbranched alkanes of at least 4 members (excludes halogenated alkanes) is 8. The van der Waals surface area contributed by atoms with Gasteiger partial charge in [-0.1, -0.05) is 50.7 Å². The predicted molar refractivity (Wildman–Crippen MR) is 96.6 cm³/mol. The van der Waals surface area contributed by atoms with Gasteiger partial charge in [0.05, 0.1) is 11.9 Å². The van der Waals surface area contributed by atoms with E-state index < -0.39 is 16.1 Å². The van der Waals surface area contributed by atoms with Crippen LogP contribution in [0.3, 0.4) is 0 Å². The third-order valence-electron chi connectivity index (χ3n) is 4.02. The van der Waals surface area contributed by atoms with Crippen molar-refractivity contribution in [2.45, 2.75) is 89.6 Å². The van der Waals surface area contributed by atoms with E-state index in [1.807, 2.05) is 6.08 Å². The molecule has 0 aliphatic rings. The number of carboxylic acids is 1. The number of rotatable bonds is 17. The van der Waals surface area contributed by atoms with Crippen LogP contribution in [-0.4, -0.2) is 35.9 Å². The Labute approximate surface area is 180 Å². The normalized spacial score (nSPS) is 12.8. The van der Waals surface area contributed by atoms with Crippen molar-refractivity contribution in [2.75, 3.05) is 5.75 Å². The monoisotopic (exact) mass is 400 g/mol. The fraction of sp³-hybridized carbons (Fsp3) is 0.833. The van der Waals surface area contributed by atoms with E-state index in [0.29, 0.717) is 25.7 Å². The zero-order valence-electron chi connectivity index (χ0n) is 16.1. The van der Waals surface area contributed by atoms with Gasteiger partial charge in [0, 0.05) is 5.97 Å². The Balaban J connectivity index is 0. The van der Waals surface area contributed by atoms with Gasteiger partial charge < -0.3 is 15.0 Å². The Morgan fingerprint density at radius 1 is 0.923 bits per heavy atom. The van der Waals surface area contributed by atoms with E-state index in [1.54, 1.807) is 0 Å². The standard InChI is InChI=1S/C18H34O6S.Na/c19-17(14-10-7-8-12-16-25(22,23)24)13-9-5-3-1-2-4-6-11-15-18(20)21;/h5,9,17,19H,1-4,6-8,10-16H2,(H,20,21)(H,22,23,24);/q;+1/p-1/b9-5-;/t17-;/m0./s1. The van der Waals surface area contributed by atoms with Crippen molar-refractivity contribution in [2.24, 2.45) is 0 Å². The van der Waals surface area contributed by atoms with Crippen molar-refractivity contribution in [1.82, 2.24) is 0 Å². The first-order valence-electron chi connectivity index (χ1n) is 9.29. The first kappa shape index (κ1) is 28.3. The van der Waals surface area contributed by atoms with Crippen LogP contribution in [0.4, 0.5) is 0 Å². The minimum atomic E-state index is -3.84. The number of aliphatic hydroxyl groups excluding tert-OH is 1. The maximum absolute atomic E-state index is 10.5. The quantitative estimate of drug-likeness (QED) is 0.149. The van der Waals surface area contributed by atoms with Gasteiger partial charge in [-0.05, 0) is 44.9 Å². The van der Waals surface area contributed by atoms with E-state index in [4.69, 9.17) is 4.55 Å². The van der Waals surface area contributed by atoms with Gasteiger partial charge in [0.2, 0.25) is 0 Å². The predicted octanol–water partition coefficient (Wildman–Crippen LogP) is -0.383. The van der Waals surface area contributed by atoms with Gasteiger partial charge in [0.1, 0.15) is 0 Å². The van der Waals surface area contributed by atoms with E-state index in [9.17, 15) is 23.4 Å². The van der Waals surface area contributed by atoms with E-state index in [-0.39, 0.29) is 47.8 Å². The Kier molecular flexibility index (Phi) is 20.1. The van der Waals surface area contributed by atoms with Crippen LogP contribution in [0.2, 0.25) is 0 Å². The summed E-state index contributed by atoms with van der Waals surface area (Å²) in [5.41, 5.74) is 0. The molecule has 0 saturated carbocycles. The van der Waals surface area contributed by atoms with Gasteiger partial charge in [-0.25, -0.2) is 0 Å². The molecule has 0 saturated heterocycles. The molecule has 0 radical (unpaired) electrons. The minimum Gasteiger partial charge on any atom is -0.550 e. The van der Waals surface area contributed by atoms with Crippen molar-refractivity contribution in [1.29, 1.82) is 0 Å². The molecule has 1 atom stereocenters. The Bertz CT molecular complexity index is 464. The Morgan fingerprint density at radius 3 is 2.15 bits per heavy atom. The van der Waals surface area contributed by atoms with Crippen molar-refractivity contribution in [3.63, 3.8) is 0 Å². The van der Waals surface area contributed by atoms with Gasteiger partial charge in [-0.3, -0.25) is 4.55 Å². The van der Waals surface area contributed by atoms with Gasteiger partial charge in [-0.2, -0.15) is 8.42 Å². The Morgan fingerprint density at radius 2 is 1.50 bits per heavy atom. The second-order valence-corrected chi connectivity index (χ2v) is 8.10. The van der Waals surface area contributed by atoms with Crippen LogP contribution >= 0.6 is 0 Å². The van der Waals surface area contributed by atoms with Gasteiger partial charge in [-0.15, -0.1) is 0 Å². The summed E-state index contributed by atoms with van der Waals surface area (Å²) in [5.74, 6) is -1.16. The SMILES string of the molecule is O=C([O-])CCCCCCC/C=C\C[C@H](O)CCCCCCS(=O)(=O)O.[Na+]. The van der Waals surface area contributed by atoms with Crippen LogP contribution < -0.4 is 34.7 Å². The van der Waals surface area contributed by atoms with Crippen LogP contribution in [-0.2, 0) is 14.9 Å². The molecule has 0 spiro atoms. The average molecular weight is 401 g/mol. The first-order valence-corrected chi connectivity index (χ1v) is 10.9. The molecule has 26 heavy (non-hydrogen) atoms. The number of carboxylic acid groups (broad SMARTS) is 1. The summed E-state index contributed by atoms with van der Waals surface area (Å²) in [6, 6.07) is 0. The van der Waals surface area contributed by atoms with Crippen LogP contribution in [0.5, 0.6) is 0 Å². The third kappa shape index (κ3) is 24.1. The molecule has 0 amide bonds. The summed E-state index contributed by atoms with van der Waals surface area (Å²) in [4.78, 5) is 10.2. The van der Waals surface area contributed by atoms with Gasteiger partial charge >= 0.3 is 29.6 Å². The van der Waals surface area contributed by atoms with E-state index in [1.165, 1.54) is 0 Å².